The molecule has 0 spiro atoms. The van der Waals surface area contributed by atoms with Gasteiger partial charge in [0.1, 0.15) is 5.82 Å². The van der Waals surface area contributed by atoms with Crippen LogP contribution in [0.15, 0.2) is 0 Å². The number of carbonyl (C=O) groups is 1. The van der Waals surface area contributed by atoms with Crippen molar-refractivity contribution < 1.29 is 19.7 Å². The maximum atomic E-state index is 11.1. The number of aromatic carboxylic acids is 1. The van der Waals surface area contributed by atoms with Gasteiger partial charge in [-0.15, -0.1) is 0 Å². The third kappa shape index (κ3) is 2.32. The third-order valence-corrected chi connectivity index (χ3v) is 2.99. The van der Waals surface area contributed by atoms with E-state index in [4.69, 9.17) is 9.84 Å². The zero-order valence-electron chi connectivity index (χ0n) is 9.72. The van der Waals surface area contributed by atoms with E-state index in [2.05, 4.69) is 4.98 Å². The molecule has 0 saturated heterocycles. The molecule has 0 fully saturated rings. The SMILES string of the molecule is COCCc1nc(C(=O)O)c2n1CC(O)CC2. The number of methoxy groups -OCH3 is 1. The van der Waals surface area contributed by atoms with Crippen LogP contribution < -0.4 is 0 Å². The molecule has 0 amide bonds. The number of rotatable bonds is 4. The van der Waals surface area contributed by atoms with Crippen LogP contribution in [0.4, 0.5) is 0 Å². The van der Waals surface area contributed by atoms with E-state index >= 15 is 0 Å². The van der Waals surface area contributed by atoms with Gasteiger partial charge in [0.2, 0.25) is 0 Å². The van der Waals surface area contributed by atoms with Gasteiger partial charge in [0.15, 0.2) is 5.69 Å². The van der Waals surface area contributed by atoms with Gasteiger partial charge >= 0.3 is 5.97 Å². The molecule has 2 N–H and O–H groups in total. The Morgan fingerprint density at radius 2 is 2.41 bits per heavy atom. The van der Waals surface area contributed by atoms with Gasteiger partial charge in [-0.05, 0) is 12.8 Å². The van der Waals surface area contributed by atoms with Crippen LogP contribution >= 0.6 is 0 Å². The van der Waals surface area contributed by atoms with Crippen molar-refractivity contribution >= 4 is 5.97 Å². The first-order valence-corrected chi connectivity index (χ1v) is 5.62. The van der Waals surface area contributed by atoms with Crippen molar-refractivity contribution in [2.24, 2.45) is 0 Å². The number of fused-ring (bicyclic) bond motifs is 1. The molecule has 0 saturated carbocycles. The fourth-order valence-electron chi connectivity index (χ4n) is 2.17. The van der Waals surface area contributed by atoms with Gasteiger partial charge in [0, 0.05) is 13.5 Å². The number of imidazole rings is 1. The van der Waals surface area contributed by atoms with Crippen LogP contribution in [0, 0.1) is 0 Å². The van der Waals surface area contributed by atoms with Crippen molar-refractivity contribution in [1.29, 1.82) is 0 Å². The van der Waals surface area contributed by atoms with E-state index in [-0.39, 0.29) is 5.69 Å². The number of ether oxygens (including phenoxy) is 1. The van der Waals surface area contributed by atoms with E-state index in [1.165, 1.54) is 0 Å². The zero-order chi connectivity index (χ0) is 12.4. The first-order valence-electron chi connectivity index (χ1n) is 5.62. The number of aliphatic hydroxyl groups excluding tert-OH is 1. The highest BCUT2D eigenvalue weighted by atomic mass is 16.5. The highest BCUT2D eigenvalue weighted by Gasteiger charge is 2.26. The van der Waals surface area contributed by atoms with Crippen LogP contribution in [-0.2, 0) is 24.1 Å². The quantitative estimate of drug-likeness (QED) is 0.778. The summed E-state index contributed by atoms with van der Waals surface area (Å²) in [6, 6.07) is 0. The number of aliphatic hydroxyl groups is 1. The zero-order valence-corrected chi connectivity index (χ0v) is 9.72. The van der Waals surface area contributed by atoms with Crippen LogP contribution in [-0.4, -0.2) is 45.6 Å². The lowest BCUT2D eigenvalue weighted by Crippen LogP contribution is -2.26. The first kappa shape index (κ1) is 12.1. The van der Waals surface area contributed by atoms with Gasteiger partial charge in [0.05, 0.1) is 24.9 Å². The molecule has 2 heterocycles. The van der Waals surface area contributed by atoms with Crippen LogP contribution in [0.2, 0.25) is 0 Å². The van der Waals surface area contributed by atoms with Crippen LogP contribution in [0.1, 0.15) is 28.4 Å². The predicted octanol–water partition coefficient (Wildman–Crippen LogP) is 0.0773. The van der Waals surface area contributed by atoms with Crippen LogP contribution in [0.25, 0.3) is 0 Å². The minimum absolute atomic E-state index is 0.114. The molecule has 0 bridgehead atoms. The molecule has 1 aromatic heterocycles. The number of aromatic nitrogens is 2. The minimum atomic E-state index is -1.01. The van der Waals surface area contributed by atoms with Crippen molar-refractivity contribution in [3.8, 4) is 0 Å². The Hall–Kier alpha value is -1.40. The van der Waals surface area contributed by atoms with E-state index in [9.17, 15) is 9.90 Å². The van der Waals surface area contributed by atoms with Crippen molar-refractivity contribution in [3.05, 3.63) is 17.2 Å². The average Bonchev–Trinajstić information content (AvgIpc) is 2.64. The molecule has 1 atom stereocenters. The molecule has 1 unspecified atom stereocenters. The molecule has 0 aromatic carbocycles. The summed E-state index contributed by atoms with van der Waals surface area (Å²) < 4.78 is 6.79. The van der Waals surface area contributed by atoms with E-state index in [0.717, 1.165) is 0 Å². The third-order valence-electron chi connectivity index (χ3n) is 2.99. The Morgan fingerprint density at radius 3 is 3.06 bits per heavy atom. The molecule has 6 nitrogen and oxygen atoms in total. The Morgan fingerprint density at radius 1 is 1.65 bits per heavy atom. The number of nitrogens with zero attached hydrogens (tertiary/aromatic N) is 2. The lowest BCUT2D eigenvalue weighted by molar-refractivity contribution is 0.0686. The predicted molar refractivity (Wildman–Crippen MR) is 59.1 cm³/mol. The molecular weight excluding hydrogens is 224 g/mol. The van der Waals surface area contributed by atoms with Crippen LogP contribution in [0.5, 0.6) is 0 Å². The summed E-state index contributed by atoms with van der Waals surface area (Å²) >= 11 is 0. The van der Waals surface area contributed by atoms with Gasteiger partial charge in [-0.3, -0.25) is 0 Å². The number of carboxylic acid groups (broad SMARTS) is 1. The summed E-state index contributed by atoms with van der Waals surface area (Å²) in [4.78, 5) is 15.2. The summed E-state index contributed by atoms with van der Waals surface area (Å²) in [5.74, 6) is -0.327. The smallest absolute Gasteiger partial charge is 0.356 e. The van der Waals surface area contributed by atoms with E-state index < -0.39 is 12.1 Å². The second-order valence-electron chi connectivity index (χ2n) is 4.17. The normalized spacial score (nSPS) is 19.1. The number of hydrogen-bond acceptors (Lipinski definition) is 4. The van der Waals surface area contributed by atoms with Crippen molar-refractivity contribution in [3.63, 3.8) is 0 Å². The van der Waals surface area contributed by atoms with Crippen LogP contribution in [0.3, 0.4) is 0 Å². The fourth-order valence-corrected chi connectivity index (χ4v) is 2.17. The van der Waals surface area contributed by atoms with Gasteiger partial charge < -0.3 is 19.5 Å². The molecule has 0 radical (unpaired) electrons. The molecule has 1 aliphatic rings. The Bertz CT molecular complexity index is 427. The molecule has 1 aliphatic heterocycles. The minimum Gasteiger partial charge on any atom is -0.476 e. The van der Waals surface area contributed by atoms with Gasteiger partial charge in [-0.1, -0.05) is 0 Å². The molecule has 0 aliphatic carbocycles. The van der Waals surface area contributed by atoms with Gasteiger partial charge in [-0.25, -0.2) is 9.78 Å². The maximum absolute atomic E-state index is 11.1. The highest BCUT2D eigenvalue weighted by Crippen LogP contribution is 2.21. The summed E-state index contributed by atoms with van der Waals surface area (Å²) in [5, 5.41) is 18.7. The molecule has 17 heavy (non-hydrogen) atoms. The number of hydrogen-bond donors (Lipinski definition) is 2. The monoisotopic (exact) mass is 240 g/mol. The Labute approximate surface area is 98.8 Å². The average molecular weight is 240 g/mol. The van der Waals surface area contributed by atoms with E-state index in [1.807, 2.05) is 4.57 Å². The van der Waals surface area contributed by atoms with Crippen molar-refractivity contribution in [1.82, 2.24) is 9.55 Å². The van der Waals surface area contributed by atoms with Crippen molar-refractivity contribution in [2.45, 2.75) is 31.9 Å². The van der Waals surface area contributed by atoms with E-state index in [1.54, 1.807) is 7.11 Å². The lowest BCUT2D eigenvalue weighted by Gasteiger charge is -2.21. The lowest BCUT2D eigenvalue weighted by atomic mass is 10.1. The van der Waals surface area contributed by atoms with Crippen molar-refractivity contribution in [2.75, 3.05) is 13.7 Å². The topological polar surface area (TPSA) is 84.6 Å². The molecule has 1 aromatic rings. The molecule has 6 heteroatoms. The van der Waals surface area contributed by atoms with Gasteiger partial charge in [0.25, 0.3) is 0 Å². The summed E-state index contributed by atoms with van der Waals surface area (Å²) in [6.45, 7) is 0.917. The number of carboxylic acids is 1. The standard InChI is InChI=1S/C11H16N2O4/c1-17-5-4-9-12-10(11(15)16)8-3-2-7(14)6-13(8)9/h7,14H,2-6H2,1H3,(H,15,16). The van der Waals surface area contributed by atoms with Gasteiger partial charge in [-0.2, -0.15) is 0 Å². The first-order chi connectivity index (χ1) is 8.13. The second-order valence-corrected chi connectivity index (χ2v) is 4.17. The summed E-state index contributed by atoms with van der Waals surface area (Å²) in [5.41, 5.74) is 0.830. The Kier molecular flexibility index (Phi) is 3.44. The summed E-state index contributed by atoms with van der Waals surface area (Å²) in [6.07, 6.45) is 1.29. The maximum Gasteiger partial charge on any atom is 0.356 e. The summed E-state index contributed by atoms with van der Waals surface area (Å²) in [7, 11) is 1.59. The second kappa shape index (κ2) is 4.85. The Balaban J connectivity index is 2.35. The molecular formula is C11H16N2O4. The fraction of sp³-hybridized carbons (Fsp3) is 0.636. The largest absolute Gasteiger partial charge is 0.476 e. The molecule has 94 valence electrons. The highest BCUT2D eigenvalue weighted by molar-refractivity contribution is 5.87. The van der Waals surface area contributed by atoms with E-state index in [0.29, 0.717) is 43.9 Å². The molecule has 2 rings (SSSR count).